The van der Waals surface area contributed by atoms with E-state index in [9.17, 15) is 0 Å². The molecule has 0 aliphatic carbocycles. The lowest BCUT2D eigenvalue weighted by Gasteiger charge is -2.13. The summed E-state index contributed by atoms with van der Waals surface area (Å²) in [6.07, 6.45) is 5.29. The van der Waals surface area contributed by atoms with Crippen molar-refractivity contribution in [2.45, 2.75) is 20.3 Å². The van der Waals surface area contributed by atoms with E-state index in [1.807, 2.05) is 20.0 Å². The molecule has 0 spiro atoms. The van der Waals surface area contributed by atoms with Crippen molar-refractivity contribution in [1.82, 2.24) is 5.32 Å². The third-order valence-electron chi connectivity index (χ3n) is 1.85. The van der Waals surface area contributed by atoms with Crippen LogP contribution in [-0.2, 0) is 0 Å². The molecule has 0 aliphatic heterocycles. The number of nitrogens with one attached hydrogen (secondary N) is 1. The Kier molecular flexibility index (Phi) is 5.86. The molecule has 0 aromatic rings. The summed E-state index contributed by atoms with van der Waals surface area (Å²) in [5.41, 5.74) is 1.23. The molecule has 0 heterocycles. The zero-order valence-corrected chi connectivity index (χ0v) is 7.85. The molecule has 0 fully saturated rings. The molecule has 11 heavy (non-hydrogen) atoms. The Hall–Kier alpha value is -0.560. The van der Waals surface area contributed by atoms with Gasteiger partial charge in [0, 0.05) is 6.54 Å². The van der Waals surface area contributed by atoms with E-state index < -0.39 is 0 Å². The zero-order chi connectivity index (χ0) is 8.69. The maximum Gasteiger partial charge on any atom is 0.00168 e. The van der Waals surface area contributed by atoms with Crippen molar-refractivity contribution in [2.75, 3.05) is 13.6 Å². The van der Waals surface area contributed by atoms with Gasteiger partial charge >= 0.3 is 0 Å². The second kappa shape index (κ2) is 6.17. The van der Waals surface area contributed by atoms with Crippen molar-refractivity contribution < 1.29 is 0 Å². The molecule has 1 unspecified atom stereocenters. The number of hydrogen-bond donors (Lipinski definition) is 1. The van der Waals surface area contributed by atoms with Gasteiger partial charge in [-0.2, -0.15) is 0 Å². The lowest BCUT2D eigenvalue weighted by atomic mass is 9.97. The van der Waals surface area contributed by atoms with Crippen molar-refractivity contribution in [3.05, 3.63) is 24.3 Å². The Labute approximate surface area is 70.2 Å². The van der Waals surface area contributed by atoms with Crippen molar-refractivity contribution >= 4 is 0 Å². The molecule has 0 aromatic heterocycles. The molecule has 1 N–H and O–H groups in total. The van der Waals surface area contributed by atoms with Crippen LogP contribution in [-0.4, -0.2) is 13.6 Å². The smallest absolute Gasteiger partial charge is 0.00168 e. The molecular weight excluding hydrogens is 134 g/mol. The highest BCUT2D eigenvalue weighted by Crippen LogP contribution is 2.12. The van der Waals surface area contributed by atoms with Crippen LogP contribution in [0.2, 0.25) is 0 Å². The average Bonchev–Trinajstić information content (AvgIpc) is 2.00. The van der Waals surface area contributed by atoms with E-state index in [0.717, 1.165) is 13.0 Å². The minimum absolute atomic E-state index is 0.594. The fraction of sp³-hybridized carbons (Fsp3) is 0.600. The number of rotatable bonds is 5. The summed E-state index contributed by atoms with van der Waals surface area (Å²) in [4.78, 5) is 0. The minimum Gasteiger partial charge on any atom is -0.319 e. The lowest BCUT2D eigenvalue weighted by molar-refractivity contribution is 0.563. The van der Waals surface area contributed by atoms with Crippen molar-refractivity contribution in [3.63, 3.8) is 0 Å². The molecule has 1 heteroatoms. The molecule has 1 nitrogen and oxygen atoms in total. The summed E-state index contributed by atoms with van der Waals surface area (Å²) >= 11 is 0. The Morgan fingerprint density at radius 1 is 1.64 bits per heavy atom. The van der Waals surface area contributed by atoms with Gasteiger partial charge < -0.3 is 5.32 Å². The highest BCUT2D eigenvalue weighted by atomic mass is 14.8. The maximum absolute atomic E-state index is 4.01. The maximum atomic E-state index is 4.01. The van der Waals surface area contributed by atoms with E-state index in [0.29, 0.717) is 5.92 Å². The molecule has 0 radical (unpaired) electrons. The average molecular weight is 153 g/mol. The summed E-state index contributed by atoms with van der Waals surface area (Å²) < 4.78 is 0. The van der Waals surface area contributed by atoms with Gasteiger partial charge in [0.05, 0.1) is 0 Å². The van der Waals surface area contributed by atoms with E-state index >= 15 is 0 Å². The third-order valence-corrected chi connectivity index (χ3v) is 1.85. The van der Waals surface area contributed by atoms with E-state index in [4.69, 9.17) is 0 Å². The van der Waals surface area contributed by atoms with E-state index in [2.05, 4.69) is 24.9 Å². The second-order valence-electron chi connectivity index (χ2n) is 2.74. The van der Waals surface area contributed by atoms with Crippen LogP contribution < -0.4 is 5.32 Å². The largest absolute Gasteiger partial charge is 0.319 e. The molecule has 1 atom stereocenters. The number of allylic oxidation sites excluding steroid dienone is 2. The highest BCUT2D eigenvalue weighted by Gasteiger charge is 2.05. The van der Waals surface area contributed by atoms with Gasteiger partial charge in [-0.3, -0.25) is 0 Å². The second-order valence-corrected chi connectivity index (χ2v) is 2.74. The Balaban J connectivity index is 3.91. The summed E-state index contributed by atoms with van der Waals surface area (Å²) in [6, 6.07) is 0. The Bertz CT molecular complexity index is 136. The first-order valence-corrected chi connectivity index (χ1v) is 4.22. The van der Waals surface area contributed by atoms with Gasteiger partial charge in [0.1, 0.15) is 0 Å². The first-order valence-electron chi connectivity index (χ1n) is 4.22. The van der Waals surface area contributed by atoms with E-state index in [1.165, 1.54) is 5.57 Å². The van der Waals surface area contributed by atoms with Gasteiger partial charge in [0.15, 0.2) is 0 Å². The van der Waals surface area contributed by atoms with Gasteiger partial charge in [-0.15, -0.1) is 0 Å². The third kappa shape index (κ3) is 3.99. The highest BCUT2D eigenvalue weighted by molar-refractivity contribution is 5.17. The minimum atomic E-state index is 0.594. The van der Waals surface area contributed by atoms with Crippen LogP contribution in [0.1, 0.15) is 20.3 Å². The standard InChI is InChI=1S/C10H19N/c1-5-7-9(3)10(6-2)8-11-4/h5,7,10-11H,3,6,8H2,1-2,4H3/b7-5-. The molecule has 0 aliphatic rings. The van der Waals surface area contributed by atoms with Crippen molar-refractivity contribution in [3.8, 4) is 0 Å². The van der Waals surface area contributed by atoms with Gasteiger partial charge in [-0.05, 0) is 26.3 Å². The van der Waals surface area contributed by atoms with Crippen LogP contribution in [0.25, 0.3) is 0 Å². The predicted octanol–water partition coefficient (Wildman–Crippen LogP) is 2.36. The van der Waals surface area contributed by atoms with Gasteiger partial charge in [0.2, 0.25) is 0 Å². The van der Waals surface area contributed by atoms with Crippen molar-refractivity contribution in [2.24, 2.45) is 5.92 Å². The Morgan fingerprint density at radius 3 is 2.64 bits per heavy atom. The summed E-state index contributed by atoms with van der Waals surface area (Å²) in [5.74, 6) is 0.594. The molecule has 0 rings (SSSR count). The Morgan fingerprint density at radius 2 is 2.27 bits per heavy atom. The normalized spacial score (nSPS) is 13.7. The molecule has 0 saturated heterocycles. The molecule has 0 amide bonds. The fourth-order valence-electron chi connectivity index (χ4n) is 1.13. The lowest BCUT2D eigenvalue weighted by Crippen LogP contribution is -2.18. The molecular formula is C10H19N. The van der Waals surface area contributed by atoms with Crippen LogP contribution in [0.3, 0.4) is 0 Å². The SMILES string of the molecule is C=C(/C=C\C)C(CC)CNC. The van der Waals surface area contributed by atoms with Crippen LogP contribution in [0.5, 0.6) is 0 Å². The summed E-state index contributed by atoms with van der Waals surface area (Å²) in [5, 5.41) is 3.16. The summed E-state index contributed by atoms with van der Waals surface area (Å²) in [7, 11) is 1.98. The molecule has 0 aromatic carbocycles. The quantitative estimate of drug-likeness (QED) is 0.598. The predicted molar refractivity (Wildman–Crippen MR) is 51.7 cm³/mol. The van der Waals surface area contributed by atoms with Crippen LogP contribution >= 0.6 is 0 Å². The van der Waals surface area contributed by atoms with E-state index in [1.54, 1.807) is 0 Å². The first-order chi connectivity index (χ1) is 5.26. The molecule has 64 valence electrons. The topological polar surface area (TPSA) is 12.0 Å². The van der Waals surface area contributed by atoms with Gasteiger partial charge in [0.25, 0.3) is 0 Å². The van der Waals surface area contributed by atoms with Gasteiger partial charge in [-0.1, -0.05) is 31.2 Å². The zero-order valence-electron chi connectivity index (χ0n) is 7.85. The van der Waals surface area contributed by atoms with Crippen LogP contribution in [0.4, 0.5) is 0 Å². The molecule has 0 bridgehead atoms. The van der Waals surface area contributed by atoms with E-state index in [-0.39, 0.29) is 0 Å². The van der Waals surface area contributed by atoms with Gasteiger partial charge in [-0.25, -0.2) is 0 Å². The monoisotopic (exact) mass is 153 g/mol. The van der Waals surface area contributed by atoms with Crippen LogP contribution in [0.15, 0.2) is 24.3 Å². The van der Waals surface area contributed by atoms with Crippen LogP contribution in [0, 0.1) is 5.92 Å². The van der Waals surface area contributed by atoms with Crippen molar-refractivity contribution in [1.29, 1.82) is 0 Å². The molecule has 0 saturated carbocycles. The fourth-order valence-corrected chi connectivity index (χ4v) is 1.13. The summed E-state index contributed by atoms with van der Waals surface area (Å²) in [6.45, 7) is 9.25. The number of hydrogen-bond acceptors (Lipinski definition) is 1. The first kappa shape index (κ1) is 10.4.